The van der Waals surface area contributed by atoms with Crippen molar-refractivity contribution in [2.45, 2.75) is 25.6 Å². The summed E-state index contributed by atoms with van der Waals surface area (Å²) in [5.41, 5.74) is 0.645. The van der Waals surface area contributed by atoms with E-state index >= 15 is 0 Å². The van der Waals surface area contributed by atoms with Crippen molar-refractivity contribution >= 4 is 11.7 Å². The van der Waals surface area contributed by atoms with E-state index in [0.717, 1.165) is 0 Å². The molecule has 6 nitrogen and oxygen atoms in total. The van der Waals surface area contributed by atoms with Crippen molar-refractivity contribution in [3.8, 4) is 0 Å². The molecule has 1 aliphatic rings. The summed E-state index contributed by atoms with van der Waals surface area (Å²) in [7, 11) is 0. The highest BCUT2D eigenvalue weighted by Gasteiger charge is 2.42. The topological polar surface area (TPSA) is 62.5 Å². The Morgan fingerprint density at radius 1 is 1.35 bits per heavy atom. The van der Waals surface area contributed by atoms with Crippen LogP contribution in [-0.4, -0.2) is 44.8 Å². The zero-order valence-electron chi connectivity index (χ0n) is 12.3. The maximum atomic E-state index is 12.8. The lowest BCUT2D eigenvalue weighted by atomic mass is 9.98. The van der Waals surface area contributed by atoms with E-state index < -0.39 is 18.1 Å². The average molecular weight is 327 g/mol. The first-order valence-corrected chi connectivity index (χ1v) is 7.33. The Hall–Kier alpha value is -2.32. The summed E-state index contributed by atoms with van der Waals surface area (Å²) in [6.07, 6.45) is -2.08. The minimum Gasteiger partial charge on any atom is -0.331 e. The van der Waals surface area contributed by atoms with E-state index in [2.05, 4.69) is 15.5 Å². The highest BCUT2D eigenvalue weighted by molar-refractivity contribution is 5.74. The molecule has 3 heterocycles. The summed E-state index contributed by atoms with van der Waals surface area (Å²) in [4.78, 5) is 13.3. The van der Waals surface area contributed by atoms with Crippen LogP contribution in [0.25, 0.3) is 5.65 Å². The number of urea groups is 1. The Labute approximate surface area is 130 Å². The van der Waals surface area contributed by atoms with Gasteiger partial charge < -0.3 is 10.2 Å². The number of nitrogens with one attached hydrogen (secondary N) is 1. The third kappa shape index (κ3) is 3.38. The molecule has 3 rings (SSSR count). The van der Waals surface area contributed by atoms with Crippen LogP contribution < -0.4 is 5.32 Å². The SMILES string of the molecule is O=C(NCc1nnc2ccccn12)N1CCC[C@@H](C(F)(F)F)C1. The van der Waals surface area contributed by atoms with Gasteiger partial charge in [0.15, 0.2) is 11.5 Å². The van der Waals surface area contributed by atoms with Crippen LogP contribution in [0.5, 0.6) is 0 Å². The highest BCUT2D eigenvalue weighted by atomic mass is 19.4. The molecular formula is C14H16F3N5O. The normalized spacial score (nSPS) is 19.1. The van der Waals surface area contributed by atoms with Crippen LogP contribution in [0, 0.1) is 5.92 Å². The molecule has 1 N–H and O–H groups in total. The highest BCUT2D eigenvalue weighted by Crippen LogP contribution is 2.33. The molecule has 0 saturated carbocycles. The lowest BCUT2D eigenvalue weighted by Crippen LogP contribution is -2.48. The molecule has 1 saturated heterocycles. The fourth-order valence-electron chi connectivity index (χ4n) is 2.71. The molecule has 2 aromatic heterocycles. The van der Waals surface area contributed by atoms with E-state index in [4.69, 9.17) is 0 Å². The Morgan fingerprint density at radius 2 is 2.17 bits per heavy atom. The fraction of sp³-hybridized carbons (Fsp3) is 0.500. The van der Waals surface area contributed by atoms with Gasteiger partial charge in [-0.1, -0.05) is 6.07 Å². The molecule has 9 heteroatoms. The quantitative estimate of drug-likeness (QED) is 0.920. The van der Waals surface area contributed by atoms with Gasteiger partial charge in [0.1, 0.15) is 0 Å². The minimum absolute atomic E-state index is 0.0715. The third-order valence-electron chi connectivity index (χ3n) is 3.95. The second kappa shape index (κ2) is 6.05. The van der Waals surface area contributed by atoms with Gasteiger partial charge in [-0.15, -0.1) is 10.2 Å². The average Bonchev–Trinajstić information content (AvgIpc) is 2.95. The Kier molecular flexibility index (Phi) is 4.10. The smallest absolute Gasteiger partial charge is 0.331 e. The summed E-state index contributed by atoms with van der Waals surface area (Å²) in [6.45, 7) is 0.145. The van der Waals surface area contributed by atoms with E-state index in [1.165, 1.54) is 4.90 Å². The van der Waals surface area contributed by atoms with E-state index in [1.54, 1.807) is 22.7 Å². The molecule has 0 aliphatic carbocycles. The lowest BCUT2D eigenvalue weighted by molar-refractivity contribution is -0.184. The number of alkyl halides is 3. The maximum Gasteiger partial charge on any atom is 0.393 e. The first-order valence-electron chi connectivity index (χ1n) is 7.33. The number of likely N-dealkylation sites (tertiary alicyclic amines) is 1. The largest absolute Gasteiger partial charge is 0.393 e. The number of aromatic nitrogens is 3. The minimum atomic E-state index is -4.26. The van der Waals surface area contributed by atoms with Crippen LogP contribution in [0.3, 0.4) is 0 Å². The standard InChI is InChI=1S/C14H16F3N5O/c15-14(16,17)10-4-3-6-21(9-10)13(23)18-8-12-20-19-11-5-1-2-7-22(11)12/h1-2,5,7,10H,3-4,6,8-9H2,(H,18,23)/t10-/m1/s1. The number of halogens is 3. The number of carbonyl (C=O) groups is 1. The molecule has 0 unspecified atom stereocenters. The van der Waals surface area contributed by atoms with E-state index in [-0.39, 0.29) is 19.5 Å². The molecule has 0 spiro atoms. The zero-order chi connectivity index (χ0) is 16.4. The van der Waals surface area contributed by atoms with Crippen molar-refractivity contribution < 1.29 is 18.0 Å². The molecule has 23 heavy (non-hydrogen) atoms. The van der Waals surface area contributed by atoms with E-state index in [0.29, 0.717) is 24.4 Å². The van der Waals surface area contributed by atoms with E-state index in [1.807, 2.05) is 6.07 Å². The van der Waals surface area contributed by atoms with Gasteiger partial charge in [0, 0.05) is 19.3 Å². The number of hydrogen-bond acceptors (Lipinski definition) is 3. The van der Waals surface area contributed by atoms with E-state index in [9.17, 15) is 18.0 Å². The van der Waals surface area contributed by atoms with Crippen molar-refractivity contribution in [1.82, 2.24) is 24.8 Å². The fourth-order valence-corrected chi connectivity index (χ4v) is 2.71. The summed E-state index contributed by atoms with van der Waals surface area (Å²) in [6, 6.07) is 4.89. The van der Waals surface area contributed by atoms with Gasteiger partial charge >= 0.3 is 12.2 Å². The van der Waals surface area contributed by atoms with Crippen LogP contribution >= 0.6 is 0 Å². The molecule has 2 amide bonds. The lowest BCUT2D eigenvalue weighted by Gasteiger charge is -2.33. The second-order valence-electron chi connectivity index (χ2n) is 5.53. The number of fused-ring (bicyclic) bond motifs is 1. The van der Waals surface area contributed by atoms with Crippen LogP contribution in [0.1, 0.15) is 18.7 Å². The number of piperidine rings is 1. The van der Waals surface area contributed by atoms with Crippen LogP contribution in [-0.2, 0) is 6.54 Å². The summed E-state index contributed by atoms with van der Waals surface area (Å²) in [5, 5.41) is 10.5. The number of amides is 2. The summed E-state index contributed by atoms with van der Waals surface area (Å²) >= 11 is 0. The molecule has 0 aromatic carbocycles. The molecule has 0 bridgehead atoms. The number of hydrogen-bond donors (Lipinski definition) is 1. The van der Waals surface area contributed by atoms with Gasteiger partial charge in [-0.2, -0.15) is 13.2 Å². The number of rotatable bonds is 2. The monoisotopic (exact) mass is 327 g/mol. The summed E-state index contributed by atoms with van der Waals surface area (Å²) in [5.74, 6) is -0.922. The van der Waals surface area contributed by atoms with Gasteiger partial charge in [-0.25, -0.2) is 4.79 Å². The van der Waals surface area contributed by atoms with Gasteiger partial charge in [0.05, 0.1) is 12.5 Å². The molecule has 1 fully saturated rings. The molecule has 1 aliphatic heterocycles. The Bertz CT molecular complexity index is 699. The Balaban J connectivity index is 1.61. The van der Waals surface area contributed by atoms with Gasteiger partial charge in [-0.3, -0.25) is 4.40 Å². The molecule has 124 valence electrons. The predicted molar refractivity (Wildman–Crippen MR) is 75.6 cm³/mol. The Morgan fingerprint density at radius 3 is 2.96 bits per heavy atom. The van der Waals surface area contributed by atoms with Crippen molar-refractivity contribution in [2.75, 3.05) is 13.1 Å². The van der Waals surface area contributed by atoms with Gasteiger partial charge in [0.25, 0.3) is 0 Å². The first kappa shape index (κ1) is 15.6. The van der Waals surface area contributed by atoms with Gasteiger partial charge in [-0.05, 0) is 25.0 Å². The molecular weight excluding hydrogens is 311 g/mol. The second-order valence-corrected chi connectivity index (χ2v) is 5.53. The first-order chi connectivity index (χ1) is 10.9. The van der Waals surface area contributed by atoms with Crippen molar-refractivity contribution in [1.29, 1.82) is 0 Å². The van der Waals surface area contributed by atoms with Crippen LogP contribution in [0.2, 0.25) is 0 Å². The van der Waals surface area contributed by atoms with Crippen molar-refractivity contribution in [3.63, 3.8) is 0 Å². The van der Waals surface area contributed by atoms with Crippen LogP contribution in [0.4, 0.5) is 18.0 Å². The van der Waals surface area contributed by atoms with Gasteiger partial charge in [0.2, 0.25) is 0 Å². The number of nitrogens with zero attached hydrogens (tertiary/aromatic N) is 4. The third-order valence-corrected chi connectivity index (χ3v) is 3.95. The summed E-state index contributed by atoms with van der Waals surface area (Å²) < 4.78 is 40.1. The van der Waals surface area contributed by atoms with Crippen LogP contribution in [0.15, 0.2) is 24.4 Å². The van der Waals surface area contributed by atoms with Crippen molar-refractivity contribution in [3.05, 3.63) is 30.2 Å². The molecule has 2 aromatic rings. The zero-order valence-corrected chi connectivity index (χ0v) is 12.3. The molecule has 1 atom stereocenters. The number of pyridine rings is 1. The van der Waals surface area contributed by atoms with Crippen molar-refractivity contribution in [2.24, 2.45) is 5.92 Å². The maximum absolute atomic E-state index is 12.8. The number of carbonyl (C=O) groups excluding carboxylic acids is 1. The predicted octanol–water partition coefficient (Wildman–Crippen LogP) is 2.21. The molecule has 0 radical (unpaired) electrons.